The minimum atomic E-state index is -1.05. The summed E-state index contributed by atoms with van der Waals surface area (Å²) in [5.74, 6) is -0.0747. The van der Waals surface area contributed by atoms with Gasteiger partial charge in [-0.1, -0.05) is 38.1 Å². The van der Waals surface area contributed by atoms with Gasteiger partial charge in [0.25, 0.3) is 0 Å². The van der Waals surface area contributed by atoms with Crippen LogP contribution in [0.2, 0.25) is 0 Å². The number of aldehydes is 1. The van der Waals surface area contributed by atoms with Crippen molar-refractivity contribution in [2.75, 3.05) is 6.54 Å². The Labute approximate surface area is 218 Å². The second-order valence-electron chi connectivity index (χ2n) is 10.3. The number of carboxylic acids is 1. The van der Waals surface area contributed by atoms with Crippen molar-refractivity contribution in [2.24, 2.45) is 22.9 Å². The van der Waals surface area contributed by atoms with Crippen LogP contribution in [-0.2, 0) is 25.6 Å². The van der Waals surface area contributed by atoms with E-state index in [0.29, 0.717) is 18.1 Å². The van der Waals surface area contributed by atoms with Gasteiger partial charge in [-0.3, -0.25) is 19.8 Å². The SMILES string of the molecule is CC(C)C1CCCC2=C(c3ccc(CC(=O)NCC(=O)N[C@H](C=O)CCC(=O)O)cc3)NN=CC2CC1. The highest BCUT2D eigenvalue weighted by Crippen LogP contribution is 2.37. The molecule has 200 valence electrons. The lowest BCUT2D eigenvalue weighted by Crippen LogP contribution is -2.43. The van der Waals surface area contributed by atoms with E-state index in [2.05, 4.69) is 35.0 Å². The zero-order valence-electron chi connectivity index (χ0n) is 21.7. The highest BCUT2D eigenvalue weighted by molar-refractivity contribution is 5.87. The molecule has 1 fully saturated rings. The number of hydrogen-bond donors (Lipinski definition) is 4. The lowest BCUT2D eigenvalue weighted by molar-refractivity contribution is -0.137. The zero-order valence-corrected chi connectivity index (χ0v) is 21.7. The van der Waals surface area contributed by atoms with Crippen LogP contribution in [-0.4, -0.2) is 48.0 Å². The average Bonchev–Trinajstić information content (AvgIpc) is 2.85. The maximum atomic E-state index is 12.3. The number of hydrazone groups is 1. The normalized spacial score (nSPS) is 20.2. The molecule has 1 aromatic rings. The number of carboxylic acid groups (broad SMARTS) is 1. The third kappa shape index (κ3) is 8.55. The summed E-state index contributed by atoms with van der Waals surface area (Å²) in [5, 5.41) is 18.1. The van der Waals surface area contributed by atoms with Gasteiger partial charge in [0.05, 0.1) is 24.7 Å². The van der Waals surface area contributed by atoms with E-state index >= 15 is 0 Å². The van der Waals surface area contributed by atoms with Gasteiger partial charge in [0, 0.05) is 18.6 Å². The summed E-state index contributed by atoms with van der Waals surface area (Å²) < 4.78 is 0. The first-order chi connectivity index (χ1) is 17.8. The molecule has 0 radical (unpaired) electrons. The largest absolute Gasteiger partial charge is 0.481 e. The number of benzene rings is 1. The van der Waals surface area contributed by atoms with Gasteiger partial charge >= 0.3 is 5.97 Å². The third-order valence-corrected chi connectivity index (χ3v) is 7.25. The molecule has 1 saturated carbocycles. The first-order valence-corrected chi connectivity index (χ1v) is 13.1. The van der Waals surface area contributed by atoms with E-state index in [1.165, 1.54) is 24.8 Å². The van der Waals surface area contributed by atoms with Crippen LogP contribution >= 0.6 is 0 Å². The molecule has 0 bridgehead atoms. The van der Waals surface area contributed by atoms with Crippen molar-refractivity contribution in [1.29, 1.82) is 0 Å². The highest BCUT2D eigenvalue weighted by atomic mass is 16.4. The maximum Gasteiger partial charge on any atom is 0.303 e. The quantitative estimate of drug-likeness (QED) is 0.338. The standard InChI is InChI=1S/C28H38N4O5/c1-18(2)20-4-3-5-24-22(11-10-20)15-30-32-28(24)21-8-6-19(7-9-21)14-25(34)29-16-26(35)31-23(17-33)12-13-27(36)37/h6-9,15,17-18,20,22-23,32H,3-5,10-14,16H2,1-2H3,(H,29,34)(H,31,35)(H,36,37)/t20?,22?,23-/m0/s1. The Morgan fingerprint density at radius 2 is 1.89 bits per heavy atom. The molecule has 0 spiro atoms. The summed E-state index contributed by atoms with van der Waals surface area (Å²) >= 11 is 0. The minimum Gasteiger partial charge on any atom is -0.481 e. The number of nitrogens with zero attached hydrogens (tertiary/aromatic N) is 1. The number of carbonyl (C=O) groups is 4. The Balaban J connectivity index is 1.53. The number of aliphatic carboxylic acids is 1. The van der Waals surface area contributed by atoms with Crippen LogP contribution in [0, 0.1) is 17.8 Å². The molecule has 9 heteroatoms. The second-order valence-corrected chi connectivity index (χ2v) is 10.3. The molecule has 2 unspecified atom stereocenters. The maximum absolute atomic E-state index is 12.3. The van der Waals surface area contributed by atoms with Crippen molar-refractivity contribution in [3.8, 4) is 0 Å². The summed E-state index contributed by atoms with van der Waals surface area (Å²) in [4.78, 5) is 46.0. The molecular formula is C28H38N4O5. The number of fused-ring (bicyclic) bond motifs is 1. The Morgan fingerprint density at radius 1 is 1.14 bits per heavy atom. The molecule has 1 aliphatic carbocycles. The predicted octanol–water partition coefficient (Wildman–Crippen LogP) is 3.05. The van der Waals surface area contributed by atoms with Crippen LogP contribution in [0.4, 0.5) is 0 Å². The average molecular weight is 511 g/mol. The van der Waals surface area contributed by atoms with E-state index in [-0.39, 0.29) is 31.7 Å². The van der Waals surface area contributed by atoms with Gasteiger partial charge in [-0.15, -0.1) is 0 Å². The molecule has 0 saturated heterocycles. The van der Waals surface area contributed by atoms with Crippen molar-refractivity contribution >= 4 is 36.0 Å². The van der Waals surface area contributed by atoms with Crippen molar-refractivity contribution in [2.45, 2.75) is 71.3 Å². The molecule has 2 amide bonds. The first kappa shape index (κ1) is 28.1. The Morgan fingerprint density at radius 3 is 2.57 bits per heavy atom. The van der Waals surface area contributed by atoms with Gasteiger partial charge < -0.3 is 20.5 Å². The summed E-state index contributed by atoms with van der Waals surface area (Å²) in [7, 11) is 0. The van der Waals surface area contributed by atoms with Crippen LogP contribution in [0.25, 0.3) is 5.70 Å². The molecule has 0 aromatic heterocycles. The van der Waals surface area contributed by atoms with E-state index in [9.17, 15) is 19.2 Å². The summed E-state index contributed by atoms with van der Waals surface area (Å²) in [6, 6.07) is 6.91. The smallest absolute Gasteiger partial charge is 0.303 e. The number of carbonyl (C=O) groups excluding carboxylic acids is 3. The number of amides is 2. The van der Waals surface area contributed by atoms with Gasteiger partial charge in [-0.2, -0.15) is 5.10 Å². The molecule has 1 heterocycles. The molecule has 4 N–H and O–H groups in total. The van der Waals surface area contributed by atoms with Gasteiger partial charge in [-0.25, -0.2) is 0 Å². The van der Waals surface area contributed by atoms with Crippen LogP contribution in [0.15, 0.2) is 34.9 Å². The fourth-order valence-electron chi connectivity index (χ4n) is 5.03. The summed E-state index contributed by atoms with van der Waals surface area (Å²) in [5.41, 5.74) is 7.54. The Kier molecular flexibility index (Phi) is 10.4. The lowest BCUT2D eigenvalue weighted by atomic mass is 9.77. The molecule has 1 aromatic carbocycles. The molecule has 37 heavy (non-hydrogen) atoms. The van der Waals surface area contributed by atoms with Crippen molar-refractivity contribution in [3.63, 3.8) is 0 Å². The summed E-state index contributed by atoms with van der Waals surface area (Å²) in [6.45, 7) is 4.34. The van der Waals surface area contributed by atoms with Crippen LogP contribution in [0.1, 0.15) is 69.9 Å². The second kappa shape index (κ2) is 13.7. The van der Waals surface area contributed by atoms with Crippen molar-refractivity contribution in [3.05, 3.63) is 41.0 Å². The highest BCUT2D eigenvalue weighted by Gasteiger charge is 2.26. The molecule has 3 rings (SSSR count). The topological polar surface area (TPSA) is 137 Å². The number of nitrogens with one attached hydrogen (secondary N) is 3. The van der Waals surface area contributed by atoms with E-state index < -0.39 is 17.9 Å². The van der Waals surface area contributed by atoms with Crippen LogP contribution < -0.4 is 16.1 Å². The van der Waals surface area contributed by atoms with Gasteiger partial charge in [0.2, 0.25) is 11.8 Å². The molecule has 3 atom stereocenters. The van der Waals surface area contributed by atoms with Crippen LogP contribution in [0.3, 0.4) is 0 Å². The fourth-order valence-corrected chi connectivity index (χ4v) is 5.03. The first-order valence-electron chi connectivity index (χ1n) is 13.1. The minimum absolute atomic E-state index is 0.00238. The van der Waals surface area contributed by atoms with E-state index in [4.69, 9.17) is 5.11 Å². The van der Waals surface area contributed by atoms with E-state index in [0.717, 1.165) is 35.6 Å². The number of allylic oxidation sites excluding steroid dienone is 1. The van der Waals surface area contributed by atoms with Crippen molar-refractivity contribution < 1.29 is 24.3 Å². The predicted molar refractivity (Wildman–Crippen MR) is 141 cm³/mol. The molecule has 1 aliphatic heterocycles. The summed E-state index contributed by atoms with van der Waals surface area (Å²) in [6.07, 6.45) is 8.23. The van der Waals surface area contributed by atoms with Gasteiger partial charge in [-0.05, 0) is 67.1 Å². The van der Waals surface area contributed by atoms with Gasteiger partial charge in [0.15, 0.2) is 0 Å². The van der Waals surface area contributed by atoms with Crippen LogP contribution in [0.5, 0.6) is 0 Å². The Bertz CT molecular complexity index is 1030. The number of hydrogen-bond acceptors (Lipinski definition) is 6. The lowest BCUT2D eigenvalue weighted by Gasteiger charge is -2.31. The molecule has 2 aliphatic rings. The molecular weight excluding hydrogens is 472 g/mol. The monoisotopic (exact) mass is 510 g/mol. The third-order valence-electron chi connectivity index (χ3n) is 7.25. The Hall–Kier alpha value is -3.49. The van der Waals surface area contributed by atoms with E-state index in [1.807, 2.05) is 30.5 Å². The molecule has 9 nitrogen and oxygen atoms in total. The fraction of sp³-hybridized carbons (Fsp3) is 0.536. The number of rotatable bonds is 11. The van der Waals surface area contributed by atoms with Crippen molar-refractivity contribution in [1.82, 2.24) is 16.1 Å². The van der Waals surface area contributed by atoms with E-state index in [1.54, 1.807) is 0 Å². The zero-order chi connectivity index (χ0) is 26.8. The van der Waals surface area contributed by atoms with Gasteiger partial charge in [0.1, 0.15) is 6.29 Å².